The van der Waals surface area contributed by atoms with E-state index in [0.29, 0.717) is 39.4 Å². The number of hydrogen-bond donors (Lipinski definition) is 1. The number of aromatic amines is 1. The normalized spacial score (nSPS) is 11.2. The molecule has 160 valence electrons. The lowest BCUT2D eigenvalue weighted by molar-refractivity contribution is -0.184. The van der Waals surface area contributed by atoms with Gasteiger partial charge in [0.1, 0.15) is 12.3 Å². The van der Waals surface area contributed by atoms with Gasteiger partial charge in [0.25, 0.3) is 11.1 Å². The van der Waals surface area contributed by atoms with Gasteiger partial charge in [-0.25, -0.2) is 14.2 Å². The first-order valence-electron chi connectivity index (χ1n) is 9.28. The zero-order chi connectivity index (χ0) is 22.1. The number of hydrogen-bond acceptors (Lipinski definition) is 6. The number of carbonyl (C=O) groups is 1. The van der Waals surface area contributed by atoms with Crippen LogP contribution in [0.5, 0.6) is 5.75 Å². The van der Waals surface area contributed by atoms with E-state index in [4.69, 9.17) is 16.3 Å². The predicted octanol–water partition coefficient (Wildman–Crippen LogP) is 2.57. The van der Waals surface area contributed by atoms with Crippen LogP contribution in [0.25, 0.3) is 21.7 Å². The van der Waals surface area contributed by atoms with Gasteiger partial charge in [0, 0.05) is 16.0 Å². The lowest BCUT2D eigenvalue weighted by Gasteiger charge is -2.10. The van der Waals surface area contributed by atoms with Crippen molar-refractivity contribution in [2.45, 2.75) is 20.0 Å². The van der Waals surface area contributed by atoms with Crippen molar-refractivity contribution in [3.8, 4) is 5.75 Å². The van der Waals surface area contributed by atoms with Gasteiger partial charge in [0.15, 0.2) is 0 Å². The van der Waals surface area contributed by atoms with Crippen LogP contribution in [-0.2, 0) is 22.8 Å². The minimum Gasteiger partial charge on any atom is -0.492 e. The van der Waals surface area contributed by atoms with Crippen LogP contribution in [-0.4, -0.2) is 32.1 Å². The number of ether oxygens (including phenoxy) is 1. The third-order valence-corrected chi connectivity index (χ3v) is 5.02. The van der Waals surface area contributed by atoms with Crippen LogP contribution in [0.2, 0.25) is 5.02 Å². The van der Waals surface area contributed by atoms with E-state index in [0.717, 1.165) is 4.68 Å². The van der Waals surface area contributed by atoms with E-state index in [1.807, 2.05) is 6.92 Å². The largest absolute Gasteiger partial charge is 0.492 e. The van der Waals surface area contributed by atoms with Crippen LogP contribution in [0.4, 0.5) is 4.53 Å². The lowest BCUT2D eigenvalue weighted by atomic mass is 10.1. The summed E-state index contributed by atoms with van der Waals surface area (Å²) in [5, 5.41) is 8.56. The summed E-state index contributed by atoms with van der Waals surface area (Å²) in [5.41, 5.74) is -0.100. The smallest absolute Gasteiger partial charge is 0.370 e. The zero-order valence-electron chi connectivity index (χ0n) is 16.2. The minimum absolute atomic E-state index is 0.0411. The number of nitrogens with one attached hydrogen (secondary N) is 1. The topological polar surface area (TPSA) is 108 Å². The first kappa shape index (κ1) is 20.6. The molecule has 0 bridgehead atoms. The molecule has 0 aliphatic rings. The monoisotopic (exact) mass is 446 g/mol. The summed E-state index contributed by atoms with van der Waals surface area (Å²) in [5.74, 6) is -0.830. The molecule has 11 heteroatoms. The van der Waals surface area contributed by atoms with Crippen LogP contribution < -0.4 is 15.9 Å². The molecule has 0 aliphatic carbocycles. The van der Waals surface area contributed by atoms with Crippen LogP contribution in [0.15, 0.2) is 46.0 Å². The van der Waals surface area contributed by atoms with Gasteiger partial charge in [0.2, 0.25) is 0 Å². The molecule has 31 heavy (non-hydrogen) atoms. The molecule has 0 amide bonds. The summed E-state index contributed by atoms with van der Waals surface area (Å²) in [7, 11) is 0. The Morgan fingerprint density at radius 3 is 2.61 bits per heavy atom. The average Bonchev–Trinajstić information content (AvgIpc) is 3.06. The van der Waals surface area contributed by atoms with Gasteiger partial charge in [0.05, 0.1) is 40.2 Å². The summed E-state index contributed by atoms with van der Waals surface area (Å²) >= 11 is 6.19. The van der Waals surface area contributed by atoms with Gasteiger partial charge >= 0.3 is 5.97 Å². The summed E-state index contributed by atoms with van der Waals surface area (Å²) in [4.78, 5) is 40.0. The Kier molecular flexibility index (Phi) is 5.47. The SMILES string of the molecule is CCOc1cc2[nH]n(Cc3nn(CC(=O)OF)c(=O)c4ccccc34)c(=O)c2cc1Cl. The molecule has 1 N–H and O–H groups in total. The maximum Gasteiger partial charge on any atom is 0.370 e. The Labute approximate surface area is 178 Å². The van der Waals surface area contributed by atoms with E-state index in [9.17, 15) is 18.9 Å². The maximum atomic E-state index is 12.9. The van der Waals surface area contributed by atoms with E-state index in [1.165, 1.54) is 10.7 Å². The van der Waals surface area contributed by atoms with Gasteiger partial charge in [-0.15, -0.1) is 0 Å². The lowest BCUT2D eigenvalue weighted by Crippen LogP contribution is -2.29. The number of rotatable bonds is 6. The molecule has 2 aromatic carbocycles. The number of halogens is 2. The quantitative estimate of drug-likeness (QED) is 0.487. The highest BCUT2D eigenvalue weighted by Gasteiger charge is 2.17. The molecule has 0 aliphatic heterocycles. The molecule has 0 atom stereocenters. The standard InChI is InChI=1S/C20H16ClFN4O5/c1-2-30-17-8-15-13(7-14(17)21)20(29)25(23-15)9-16-11-5-3-4-6-12(11)19(28)26(24-16)10-18(27)31-22/h3-8,23H,2,9-10H2,1H3. The summed E-state index contributed by atoms with van der Waals surface area (Å²) in [6.45, 7) is 1.48. The fourth-order valence-corrected chi connectivity index (χ4v) is 3.59. The average molecular weight is 447 g/mol. The first-order valence-corrected chi connectivity index (χ1v) is 9.65. The zero-order valence-corrected chi connectivity index (χ0v) is 17.0. The molecular weight excluding hydrogens is 431 g/mol. The van der Waals surface area contributed by atoms with Crippen molar-refractivity contribution in [3.63, 3.8) is 0 Å². The van der Waals surface area contributed by atoms with E-state index in [1.54, 1.807) is 30.3 Å². The van der Waals surface area contributed by atoms with Crippen molar-refractivity contribution in [2.75, 3.05) is 6.61 Å². The first-order chi connectivity index (χ1) is 14.9. The molecule has 0 unspecified atom stereocenters. The Morgan fingerprint density at radius 2 is 1.90 bits per heavy atom. The van der Waals surface area contributed by atoms with Crippen molar-refractivity contribution in [2.24, 2.45) is 0 Å². The Morgan fingerprint density at radius 1 is 1.16 bits per heavy atom. The molecule has 0 saturated carbocycles. The van der Waals surface area contributed by atoms with Gasteiger partial charge in [-0.05, 0) is 19.1 Å². The van der Waals surface area contributed by atoms with Crippen molar-refractivity contribution < 1.29 is 19.0 Å². The molecule has 2 heterocycles. The second-order valence-corrected chi connectivity index (χ2v) is 7.08. The molecule has 0 fully saturated rings. The highest BCUT2D eigenvalue weighted by molar-refractivity contribution is 6.32. The van der Waals surface area contributed by atoms with Crippen LogP contribution in [0.3, 0.4) is 0 Å². The molecule has 4 rings (SSSR count). The van der Waals surface area contributed by atoms with E-state index in [-0.39, 0.29) is 17.5 Å². The van der Waals surface area contributed by atoms with Crippen molar-refractivity contribution >= 4 is 39.2 Å². The summed E-state index contributed by atoms with van der Waals surface area (Å²) < 4.78 is 19.8. The van der Waals surface area contributed by atoms with Crippen molar-refractivity contribution in [1.29, 1.82) is 0 Å². The number of fused-ring (bicyclic) bond motifs is 2. The van der Waals surface area contributed by atoms with Crippen LogP contribution >= 0.6 is 11.6 Å². The third kappa shape index (κ3) is 3.77. The highest BCUT2D eigenvalue weighted by Crippen LogP contribution is 2.28. The number of nitrogens with zero attached hydrogens (tertiary/aromatic N) is 3. The van der Waals surface area contributed by atoms with E-state index >= 15 is 0 Å². The predicted molar refractivity (Wildman–Crippen MR) is 111 cm³/mol. The van der Waals surface area contributed by atoms with Gasteiger partial charge in [-0.3, -0.25) is 19.6 Å². The molecule has 0 spiro atoms. The van der Waals surface area contributed by atoms with E-state index < -0.39 is 18.1 Å². The number of aromatic nitrogens is 4. The second-order valence-electron chi connectivity index (χ2n) is 6.67. The molecule has 0 saturated heterocycles. The Hall–Kier alpha value is -3.66. The minimum atomic E-state index is -1.27. The summed E-state index contributed by atoms with van der Waals surface area (Å²) in [6.07, 6.45) is 0. The van der Waals surface area contributed by atoms with Gasteiger partial charge in [-0.1, -0.05) is 29.8 Å². The molecule has 9 nitrogen and oxygen atoms in total. The fraction of sp³-hybridized carbons (Fsp3) is 0.200. The van der Waals surface area contributed by atoms with Gasteiger partial charge in [-0.2, -0.15) is 5.10 Å². The third-order valence-electron chi connectivity index (χ3n) is 4.72. The maximum absolute atomic E-state index is 12.9. The number of H-pyrrole nitrogens is 1. The Bertz CT molecular complexity index is 1430. The van der Waals surface area contributed by atoms with Crippen molar-refractivity contribution in [3.05, 3.63) is 67.8 Å². The number of benzene rings is 2. The van der Waals surface area contributed by atoms with Crippen LogP contribution in [0.1, 0.15) is 12.6 Å². The highest BCUT2D eigenvalue weighted by atomic mass is 35.5. The molecular formula is C20H16ClFN4O5. The van der Waals surface area contributed by atoms with Crippen molar-refractivity contribution in [1.82, 2.24) is 19.6 Å². The van der Waals surface area contributed by atoms with Crippen LogP contribution in [0, 0.1) is 0 Å². The number of carbonyl (C=O) groups excluding carboxylic acids is 1. The van der Waals surface area contributed by atoms with Gasteiger partial charge < -0.3 is 4.74 Å². The van der Waals surface area contributed by atoms with E-state index in [2.05, 4.69) is 15.1 Å². The summed E-state index contributed by atoms with van der Waals surface area (Å²) in [6, 6.07) is 9.74. The molecule has 4 aromatic rings. The molecule has 0 radical (unpaired) electrons. The molecule has 2 aromatic heterocycles. The second kappa shape index (κ2) is 8.23. The fourth-order valence-electron chi connectivity index (χ4n) is 3.37. The Balaban J connectivity index is 1.84.